The number of nitrogens with one attached hydrogen (secondary N) is 2. The standard InChI is InChI=1S/C14H28N4O/c1-5-17-6-8-18(9-7-17)13-15-11(14(2,3)4)10-12(19)16-13/h11,13,15H,5-10H2,1-4H3,(H,16,19). The maximum Gasteiger partial charge on any atom is 0.223 e. The minimum absolute atomic E-state index is 0.00415. The van der Waals surface area contributed by atoms with Crippen LogP contribution in [0, 0.1) is 5.41 Å². The Labute approximate surface area is 116 Å². The zero-order valence-corrected chi connectivity index (χ0v) is 12.7. The van der Waals surface area contributed by atoms with Gasteiger partial charge in [0.1, 0.15) is 6.29 Å². The molecule has 2 aliphatic rings. The van der Waals surface area contributed by atoms with Gasteiger partial charge in [-0.15, -0.1) is 0 Å². The maximum atomic E-state index is 11.9. The van der Waals surface area contributed by atoms with E-state index in [0.717, 1.165) is 32.7 Å². The summed E-state index contributed by atoms with van der Waals surface area (Å²) >= 11 is 0. The molecule has 5 heteroatoms. The van der Waals surface area contributed by atoms with Gasteiger partial charge in [0, 0.05) is 38.6 Å². The summed E-state index contributed by atoms with van der Waals surface area (Å²) in [4.78, 5) is 16.7. The average Bonchev–Trinajstić information content (AvgIpc) is 2.37. The Morgan fingerprint density at radius 1 is 1.21 bits per heavy atom. The molecule has 110 valence electrons. The highest BCUT2D eigenvalue weighted by atomic mass is 16.2. The van der Waals surface area contributed by atoms with Gasteiger partial charge in [0.15, 0.2) is 0 Å². The van der Waals surface area contributed by atoms with E-state index in [-0.39, 0.29) is 23.7 Å². The summed E-state index contributed by atoms with van der Waals surface area (Å²) in [7, 11) is 0. The number of rotatable bonds is 2. The first-order valence-electron chi connectivity index (χ1n) is 7.42. The smallest absolute Gasteiger partial charge is 0.223 e. The fourth-order valence-corrected chi connectivity index (χ4v) is 2.78. The van der Waals surface area contributed by atoms with Gasteiger partial charge in [-0.2, -0.15) is 0 Å². The Hall–Kier alpha value is -0.650. The summed E-state index contributed by atoms with van der Waals surface area (Å²) < 4.78 is 0. The topological polar surface area (TPSA) is 47.6 Å². The lowest BCUT2D eigenvalue weighted by atomic mass is 9.83. The number of piperazine rings is 1. The van der Waals surface area contributed by atoms with Crippen LogP contribution in [0.3, 0.4) is 0 Å². The first-order valence-corrected chi connectivity index (χ1v) is 7.42. The van der Waals surface area contributed by atoms with Gasteiger partial charge in [-0.05, 0) is 12.0 Å². The second kappa shape index (κ2) is 5.77. The Morgan fingerprint density at radius 2 is 1.84 bits per heavy atom. The van der Waals surface area contributed by atoms with Crippen LogP contribution in [-0.4, -0.2) is 60.8 Å². The van der Waals surface area contributed by atoms with Crippen LogP contribution in [0.25, 0.3) is 0 Å². The van der Waals surface area contributed by atoms with E-state index in [9.17, 15) is 4.79 Å². The lowest BCUT2D eigenvalue weighted by Gasteiger charge is -2.45. The normalized spacial score (nSPS) is 31.3. The quantitative estimate of drug-likeness (QED) is 0.762. The molecule has 0 aliphatic carbocycles. The summed E-state index contributed by atoms with van der Waals surface area (Å²) in [5.74, 6) is 0.168. The summed E-state index contributed by atoms with van der Waals surface area (Å²) in [6.07, 6.45) is 0.582. The van der Waals surface area contributed by atoms with Crippen LogP contribution in [0.1, 0.15) is 34.1 Å². The third-order valence-electron chi connectivity index (χ3n) is 4.31. The lowest BCUT2D eigenvalue weighted by molar-refractivity contribution is -0.129. The Morgan fingerprint density at radius 3 is 2.37 bits per heavy atom. The number of hydrogen-bond acceptors (Lipinski definition) is 4. The zero-order chi connectivity index (χ0) is 14.0. The number of amides is 1. The van der Waals surface area contributed by atoms with Gasteiger partial charge in [0.05, 0.1) is 0 Å². The zero-order valence-electron chi connectivity index (χ0n) is 12.7. The van der Waals surface area contributed by atoms with Crippen molar-refractivity contribution >= 4 is 5.91 Å². The highest BCUT2D eigenvalue weighted by molar-refractivity contribution is 5.77. The van der Waals surface area contributed by atoms with Crippen molar-refractivity contribution in [1.29, 1.82) is 0 Å². The molecule has 0 aromatic rings. The van der Waals surface area contributed by atoms with E-state index in [2.05, 4.69) is 48.1 Å². The second-order valence-electron chi connectivity index (χ2n) is 6.73. The third kappa shape index (κ3) is 3.68. The van der Waals surface area contributed by atoms with Crippen molar-refractivity contribution in [3.63, 3.8) is 0 Å². The molecule has 0 saturated carbocycles. The highest BCUT2D eigenvalue weighted by Crippen LogP contribution is 2.24. The van der Waals surface area contributed by atoms with E-state index in [1.54, 1.807) is 0 Å². The van der Waals surface area contributed by atoms with Gasteiger partial charge < -0.3 is 10.2 Å². The molecule has 5 nitrogen and oxygen atoms in total. The number of nitrogens with zero attached hydrogens (tertiary/aromatic N) is 2. The monoisotopic (exact) mass is 268 g/mol. The molecule has 2 fully saturated rings. The van der Waals surface area contributed by atoms with Crippen molar-refractivity contribution in [2.24, 2.45) is 5.41 Å². The molecule has 0 aromatic heterocycles. The summed E-state index contributed by atoms with van der Waals surface area (Å²) in [5, 5.41) is 6.68. The summed E-state index contributed by atoms with van der Waals surface area (Å²) in [5.41, 5.74) is 0.112. The van der Waals surface area contributed by atoms with Crippen molar-refractivity contribution in [3.8, 4) is 0 Å². The van der Waals surface area contributed by atoms with Crippen molar-refractivity contribution in [3.05, 3.63) is 0 Å². The molecule has 2 heterocycles. The fraction of sp³-hybridized carbons (Fsp3) is 0.929. The molecule has 2 unspecified atom stereocenters. The van der Waals surface area contributed by atoms with Gasteiger partial charge in [-0.25, -0.2) is 0 Å². The largest absolute Gasteiger partial charge is 0.328 e. The third-order valence-corrected chi connectivity index (χ3v) is 4.31. The van der Waals surface area contributed by atoms with Crippen LogP contribution in [0.2, 0.25) is 0 Å². The van der Waals surface area contributed by atoms with Gasteiger partial charge in [0.25, 0.3) is 0 Å². The first kappa shape index (κ1) is 14.8. The van der Waals surface area contributed by atoms with E-state index < -0.39 is 0 Å². The molecule has 1 amide bonds. The van der Waals surface area contributed by atoms with Crippen LogP contribution < -0.4 is 10.6 Å². The molecular formula is C14H28N4O. The Bertz CT molecular complexity index is 318. The van der Waals surface area contributed by atoms with E-state index in [0.29, 0.717) is 6.42 Å². The van der Waals surface area contributed by atoms with Crippen molar-refractivity contribution in [2.75, 3.05) is 32.7 Å². The Balaban J connectivity index is 1.95. The van der Waals surface area contributed by atoms with Gasteiger partial charge in [0.2, 0.25) is 5.91 Å². The van der Waals surface area contributed by atoms with Crippen LogP contribution in [0.15, 0.2) is 0 Å². The maximum absolute atomic E-state index is 11.9. The number of carbonyl (C=O) groups is 1. The fourth-order valence-electron chi connectivity index (χ4n) is 2.78. The average molecular weight is 268 g/mol. The van der Waals surface area contributed by atoms with E-state index in [1.165, 1.54) is 0 Å². The summed E-state index contributed by atoms with van der Waals surface area (Å²) in [6.45, 7) is 14.1. The predicted octanol–water partition coefficient (Wildman–Crippen LogP) is 0.432. The molecule has 2 rings (SSSR count). The van der Waals surface area contributed by atoms with Crippen molar-refractivity contribution in [1.82, 2.24) is 20.4 Å². The van der Waals surface area contributed by atoms with E-state index in [1.807, 2.05) is 0 Å². The molecule has 2 aliphatic heterocycles. The molecule has 2 N–H and O–H groups in total. The van der Waals surface area contributed by atoms with E-state index >= 15 is 0 Å². The Kier molecular flexibility index (Phi) is 4.48. The van der Waals surface area contributed by atoms with Gasteiger partial charge in [-0.3, -0.25) is 15.0 Å². The molecular weight excluding hydrogens is 240 g/mol. The molecule has 0 spiro atoms. The minimum Gasteiger partial charge on any atom is -0.328 e. The highest BCUT2D eigenvalue weighted by Gasteiger charge is 2.36. The molecule has 0 bridgehead atoms. The summed E-state index contributed by atoms with van der Waals surface area (Å²) in [6, 6.07) is 0.246. The van der Waals surface area contributed by atoms with Crippen LogP contribution >= 0.6 is 0 Å². The second-order valence-corrected chi connectivity index (χ2v) is 6.73. The van der Waals surface area contributed by atoms with Crippen LogP contribution in [0.4, 0.5) is 0 Å². The van der Waals surface area contributed by atoms with Gasteiger partial charge >= 0.3 is 0 Å². The molecule has 2 saturated heterocycles. The van der Waals surface area contributed by atoms with E-state index in [4.69, 9.17) is 0 Å². The SMILES string of the molecule is CCN1CCN(C2NC(=O)CC(C(C)(C)C)N2)CC1. The van der Waals surface area contributed by atoms with Crippen LogP contribution in [0.5, 0.6) is 0 Å². The van der Waals surface area contributed by atoms with Crippen molar-refractivity contribution < 1.29 is 4.79 Å². The first-order chi connectivity index (χ1) is 8.90. The minimum atomic E-state index is 0.00415. The van der Waals surface area contributed by atoms with Crippen molar-refractivity contribution in [2.45, 2.75) is 46.4 Å². The van der Waals surface area contributed by atoms with Crippen LogP contribution in [-0.2, 0) is 4.79 Å². The molecule has 19 heavy (non-hydrogen) atoms. The van der Waals surface area contributed by atoms with Gasteiger partial charge in [-0.1, -0.05) is 27.7 Å². The number of carbonyl (C=O) groups excluding carboxylic acids is 1. The lowest BCUT2D eigenvalue weighted by Crippen LogP contribution is -2.68. The molecule has 0 radical (unpaired) electrons. The molecule has 2 atom stereocenters. The predicted molar refractivity (Wildman–Crippen MR) is 76.6 cm³/mol. The number of likely N-dealkylation sites (N-methyl/N-ethyl adjacent to an activating group) is 1. The molecule has 0 aromatic carbocycles. The number of hydrogen-bond donors (Lipinski definition) is 2.